The number of likely N-dealkylation sites (tertiary alicyclic amines) is 1. The van der Waals surface area contributed by atoms with Gasteiger partial charge >= 0.3 is 6.09 Å². The van der Waals surface area contributed by atoms with E-state index in [4.69, 9.17) is 14.3 Å². The Labute approximate surface area is 158 Å². The molecule has 3 aliphatic heterocycles. The van der Waals surface area contributed by atoms with Crippen LogP contribution in [0.4, 0.5) is 4.79 Å². The van der Waals surface area contributed by atoms with Crippen LogP contribution in [-0.4, -0.2) is 64.1 Å². The van der Waals surface area contributed by atoms with Crippen molar-refractivity contribution in [1.82, 2.24) is 9.96 Å². The molecule has 0 radical (unpaired) electrons. The van der Waals surface area contributed by atoms with Crippen LogP contribution in [0.3, 0.4) is 0 Å². The Kier molecular flexibility index (Phi) is 4.86. The molecule has 150 valence electrons. The fourth-order valence-corrected chi connectivity index (χ4v) is 4.61. The van der Waals surface area contributed by atoms with Gasteiger partial charge in [-0.25, -0.2) is 4.79 Å². The van der Waals surface area contributed by atoms with Crippen molar-refractivity contribution in [3.8, 4) is 0 Å². The lowest BCUT2D eigenvalue weighted by Gasteiger charge is -2.52. The number of hydrogen-bond donors (Lipinski definition) is 0. The first-order valence-corrected chi connectivity index (χ1v) is 9.91. The molecule has 0 aromatic rings. The van der Waals surface area contributed by atoms with Crippen molar-refractivity contribution >= 4 is 6.09 Å². The highest BCUT2D eigenvalue weighted by molar-refractivity contribution is 5.69. The normalized spacial score (nSPS) is 30.3. The number of carbonyl (C=O) groups excluding carboxylic acids is 1. The molecule has 6 nitrogen and oxygen atoms in total. The second-order valence-electron chi connectivity index (χ2n) is 10.5. The molecule has 6 heteroatoms. The number of hydrogen-bond acceptors (Lipinski definition) is 5. The number of rotatable bonds is 2. The van der Waals surface area contributed by atoms with Gasteiger partial charge in [0.15, 0.2) is 0 Å². The van der Waals surface area contributed by atoms with Gasteiger partial charge in [-0.1, -0.05) is 0 Å². The average molecular weight is 369 g/mol. The van der Waals surface area contributed by atoms with Crippen molar-refractivity contribution in [2.45, 2.75) is 103 Å². The Balaban J connectivity index is 1.54. The Morgan fingerprint density at radius 1 is 1.08 bits per heavy atom. The van der Waals surface area contributed by atoms with Gasteiger partial charge in [-0.2, -0.15) is 5.06 Å². The zero-order chi connectivity index (χ0) is 19.4. The van der Waals surface area contributed by atoms with Crippen molar-refractivity contribution < 1.29 is 19.1 Å². The molecule has 0 aromatic carbocycles. The minimum atomic E-state index is -0.465. The summed E-state index contributed by atoms with van der Waals surface area (Å²) in [7, 11) is 0. The summed E-state index contributed by atoms with van der Waals surface area (Å²) in [6, 6.07) is 0. The summed E-state index contributed by atoms with van der Waals surface area (Å²) in [4.78, 5) is 20.3. The van der Waals surface area contributed by atoms with Crippen LogP contribution in [-0.2, 0) is 14.3 Å². The zero-order valence-electron chi connectivity index (χ0n) is 17.6. The minimum Gasteiger partial charge on any atom is -0.444 e. The second kappa shape index (κ2) is 6.35. The van der Waals surface area contributed by atoms with Gasteiger partial charge < -0.3 is 14.4 Å². The van der Waals surface area contributed by atoms with Gasteiger partial charge in [-0.3, -0.25) is 4.84 Å². The van der Waals surface area contributed by atoms with E-state index < -0.39 is 5.60 Å². The predicted octanol–water partition coefficient (Wildman–Crippen LogP) is 3.74. The van der Waals surface area contributed by atoms with Gasteiger partial charge in [-0.15, -0.1) is 0 Å². The van der Waals surface area contributed by atoms with Gasteiger partial charge in [0.05, 0.1) is 19.7 Å². The maximum atomic E-state index is 12.2. The number of ether oxygens (including phenoxy) is 2. The Morgan fingerprint density at radius 3 is 2.19 bits per heavy atom. The van der Waals surface area contributed by atoms with E-state index in [1.54, 1.807) is 4.90 Å². The maximum Gasteiger partial charge on any atom is 0.410 e. The summed E-state index contributed by atoms with van der Waals surface area (Å²) in [6.07, 6.45) is 4.13. The monoisotopic (exact) mass is 368 g/mol. The number of hydroxylamine groups is 2. The molecule has 26 heavy (non-hydrogen) atoms. The van der Waals surface area contributed by atoms with Crippen LogP contribution in [0.15, 0.2) is 0 Å². The van der Waals surface area contributed by atoms with Gasteiger partial charge in [0.1, 0.15) is 17.3 Å². The van der Waals surface area contributed by atoms with Gasteiger partial charge in [0, 0.05) is 17.5 Å². The fourth-order valence-electron chi connectivity index (χ4n) is 4.61. The third kappa shape index (κ3) is 4.02. The van der Waals surface area contributed by atoms with Crippen molar-refractivity contribution in [2.24, 2.45) is 0 Å². The van der Waals surface area contributed by atoms with E-state index in [0.717, 1.165) is 19.3 Å². The number of piperidine rings is 1. The highest BCUT2D eigenvalue weighted by Crippen LogP contribution is 2.42. The summed E-state index contributed by atoms with van der Waals surface area (Å²) in [5.74, 6) is 0. The van der Waals surface area contributed by atoms with Crippen molar-refractivity contribution in [3.63, 3.8) is 0 Å². The molecule has 3 saturated heterocycles. The van der Waals surface area contributed by atoms with E-state index >= 15 is 0 Å². The third-order valence-corrected chi connectivity index (χ3v) is 5.72. The molecular weight excluding hydrogens is 332 g/mol. The molecule has 1 spiro atoms. The zero-order valence-corrected chi connectivity index (χ0v) is 17.6. The lowest BCUT2D eigenvalue weighted by molar-refractivity contribution is -0.303. The summed E-state index contributed by atoms with van der Waals surface area (Å²) in [5, 5.41) is 2.21. The smallest absolute Gasteiger partial charge is 0.410 e. The SMILES string of the molecule is CC(C)(C)OC(=O)N1CC2(CC(ON3C(C)(C)CCCC3(C)C)CO2)C1. The average Bonchev–Trinajstić information content (AvgIpc) is 2.83. The molecule has 3 fully saturated rings. The van der Waals surface area contributed by atoms with Crippen molar-refractivity contribution in [1.29, 1.82) is 0 Å². The highest BCUT2D eigenvalue weighted by atomic mass is 16.7. The molecule has 1 atom stereocenters. The largest absolute Gasteiger partial charge is 0.444 e. The number of amides is 1. The first-order valence-electron chi connectivity index (χ1n) is 9.91. The van der Waals surface area contributed by atoms with Crippen LogP contribution in [0, 0.1) is 0 Å². The van der Waals surface area contributed by atoms with Crippen LogP contribution >= 0.6 is 0 Å². The topological polar surface area (TPSA) is 51.2 Å². The van der Waals surface area contributed by atoms with E-state index in [0.29, 0.717) is 19.7 Å². The lowest BCUT2D eigenvalue weighted by atomic mass is 9.82. The number of nitrogens with zero attached hydrogens (tertiary/aromatic N) is 2. The summed E-state index contributed by atoms with van der Waals surface area (Å²) < 4.78 is 11.5. The van der Waals surface area contributed by atoms with Crippen LogP contribution in [0.5, 0.6) is 0 Å². The second-order valence-corrected chi connectivity index (χ2v) is 10.5. The predicted molar refractivity (Wildman–Crippen MR) is 99.8 cm³/mol. The summed E-state index contributed by atoms with van der Waals surface area (Å²) in [5.41, 5.74) is -0.668. The van der Waals surface area contributed by atoms with Crippen LogP contribution in [0.1, 0.15) is 74.1 Å². The molecule has 1 amide bonds. The minimum absolute atomic E-state index is 0.0274. The van der Waals surface area contributed by atoms with Gasteiger partial charge in [-0.05, 0) is 67.7 Å². The molecular formula is C20H36N2O4. The first-order chi connectivity index (χ1) is 11.8. The quantitative estimate of drug-likeness (QED) is 0.743. The van der Waals surface area contributed by atoms with Crippen LogP contribution in [0.2, 0.25) is 0 Å². The van der Waals surface area contributed by atoms with Gasteiger partial charge in [0.2, 0.25) is 0 Å². The fraction of sp³-hybridized carbons (Fsp3) is 0.950. The Bertz CT molecular complexity index is 531. The molecule has 0 aromatic heterocycles. The van der Waals surface area contributed by atoms with E-state index in [9.17, 15) is 4.79 Å². The molecule has 3 aliphatic rings. The first kappa shape index (κ1) is 19.9. The Morgan fingerprint density at radius 2 is 1.65 bits per heavy atom. The van der Waals surface area contributed by atoms with Crippen molar-refractivity contribution in [2.75, 3.05) is 19.7 Å². The van der Waals surface area contributed by atoms with E-state index in [2.05, 4.69) is 32.8 Å². The van der Waals surface area contributed by atoms with E-state index in [1.807, 2.05) is 20.8 Å². The molecule has 1 unspecified atom stereocenters. The van der Waals surface area contributed by atoms with E-state index in [1.165, 1.54) is 6.42 Å². The van der Waals surface area contributed by atoms with E-state index in [-0.39, 0.29) is 28.9 Å². The maximum absolute atomic E-state index is 12.2. The third-order valence-electron chi connectivity index (χ3n) is 5.72. The molecule has 3 heterocycles. The molecule has 0 N–H and O–H groups in total. The summed E-state index contributed by atoms with van der Waals surface area (Å²) >= 11 is 0. The van der Waals surface area contributed by atoms with Crippen molar-refractivity contribution in [3.05, 3.63) is 0 Å². The summed E-state index contributed by atoms with van der Waals surface area (Å²) in [6.45, 7) is 16.5. The molecule has 0 aliphatic carbocycles. The number of carbonyl (C=O) groups is 1. The Hall–Kier alpha value is -0.850. The highest BCUT2D eigenvalue weighted by Gasteiger charge is 2.54. The standard InChI is InChI=1S/C20H36N2O4/c1-17(2,3)25-16(23)21-13-20(14-21)11-15(12-24-20)26-22-18(4,5)9-8-10-19(22,6)7/h15H,8-14H2,1-7H3. The van der Waals surface area contributed by atoms with Crippen LogP contribution in [0.25, 0.3) is 0 Å². The van der Waals surface area contributed by atoms with Crippen LogP contribution < -0.4 is 0 Å². The molecule has 3 rings (SSSR count). The molecule has 0 saturated carbocycles. The van der Waals surface area contributed by atoms with Gasteiger partial charge in [0.25, 0.3) is 0 Å². The molecule has 0 bridgehead atoms. The lowest BCUT2D eigenvalue weighted by Crippen LogP contribution is -2.64.